The highest BCUT2D eigenvalue weighted by atomic mass is 16.5. The molecule has 38 heavy (non-hydrogen) atoms. The molecule has 0 spiro atoms. The molecule has 0 aliphatic heterocycles. The van der Waals surface area contributed by atoms with Gasteiger partial charge in [0.2, 0.25) is 0 Å². The molecule has 0 bridgehead atoms. The lowest BCUT2D eigenvalue weighted by Gasteiger charge is -2.58. The normalized spacial score (nSPS) is 35.8. The fraction of sp³-hybridized carbons (Fsp3) is 0.727. The lowest BCUT2D eigenvalue weighted by Crippen LogP contribution is -2.50. The minimum atomic E-state index is -0.152. The van der Waals surface area contributed by atoms with E-state index in [2.05, 4.69) is 49.3 Å². The number of nitrogens with zero attached hydrogens (tertiary/aromatic N) is 2. The Hall–Kier alpha value is -2.35. The number of carbonyl (C=O) groups is 1. The summed E-state index contributed by atoms with van der Waals surface area (Å²) in [5, 5.41) is 13.7. The van der Waals surface area contributed by atoms with Crippen molar-refractivity contribution in [3.8, 4) is 6.07 Å². The Morgan fingerprint density at radius 2 is 2.00 bits per heavy atom. The number of anilines is 1. The molecule has 3 fully saturated rings. The fourth-order valence-corrected chi connectivity index (χ4v) is 9.25. The molecule has 5 nitrogen and oxygen atoms in total. The predicted molar refractivity (Wildman–Crippen MR) is 152 cm³/mol. The number of hydrogen-bond donors (Lipinski definition) is 1. The molecular formula is C33H47N3O2. The maximum atomic E-state index is 11.6. The first-order valence-corrected chi connectivity index (χ1v) is 15.3. The Bertz CT molecular complexity index is 1110. The van der Waals surface area contributed by atoms with Crippen LogP contribution in [0.25, 0.3) is 0 Å². The number of nitriles is 1. The molecule has 4 aliphatic rings. The number of fused-ring (bicyclic) bond motifs is 5. The molecule has 1 aromatic rings. The molecule has 7 atom stereocenters. The maximum absolute atomic E-state index is 11.6. The van der Waals surface area contributed by atoms with E-state index in [-0.39, 0.29) is 22.9 Å². The summed E-state index contributed by atoms with van der Waals surface area (Å²) in [5.41, 5.74) is 4.01. The van der Waals surface area contributed by atoms with Crippen LogP contribution in [0, 0.1) is 39.9 Å². The van der Waals surface area contributed by atoms with Gasteiger partial charge in [-0.1, -0.05) is 51.7 Å². The molecule has 0 aromatic carbocycles. The molecule has 1 heterocycles. The second-order valence-electron chi connectivity index (χ2n) is 13.1. The zero-order valence-electron chi connectivity index (χ0n) is 24.0. The Labute approximate surface area is 229 Å². The van der Waals surface area contributed by atoms with E-state index in [1.807, 2.05) is 6.20 Å². The van der Waals surface area contributed by atoms with Crippen molar-refractivity contribution in [3.63, 3.8) is 0 Å². The van der Waals surface area contributed by atoms with Crippen molar-refractivity contribution in [1.29, 1.82) is 5.26 Å². The van der Waals surface area contributed by atoms with Crippen LogP contribution in [0.3, 0.4) is 0 Å². The van der Waals surface area contributed by atoms with Gasteiger partial charge in [-0.2, -0.15) is 5.26 Å². The van der Waals surface area contributed by atoms with E-state index in [0.29, 0.717) is 23.7 Å². The molecule has 0 amide bonds. The first-order valence-electron chi connectivity index (χ1n) is 15.3. The number of nitrogens with one attached hydrogen (secondary N) is 1. The van der Waals surface area contributed by atoms with E-state index in [1.54, 1.807) is 5.57 Å². The topological polar surface area (TPSA) is 75.0 Å². The predicted octanol–water partition coefficient (Wildman–Crippen LogP) is 7.92. The number of rotatable bonds is 8. The lowest BCUT2D eigenvalue weighted by molar-refractivity contribution is -0.148. The minimum Gasteiger partial charge on any atom is -0.462 e. The summed E-state index contributed by atoms with van der Waals surface area (Å²) in [5.74, 6) is 3.17. The van der Waals surface area contributed by atoms with Crippen molar-refractivity contribution < 1.29 is 9.53 Å². The zero-order valence-corrected chi connectivity index (χ0v) is 24.0. The average molecular weight is 518 g/mol. The van der Waals surface area contributed by atoms with E-state index < -0.39 is 0 Å². The summed E-state index contributed by atoms with van der Waals surface area (Å²) in [7, 11) is 0. The highest BCUT2D eigenvalue weighted by molar-refractivity contribution is 5.66. The first kappa shape index (κ1) is 27.2. The Morgan fingerprint density at radius 1 is 1.16 bits per heavy atom. The number of esters is 1. The number of carbonyl (C=O) groups excluding carboxylic acids is 1. The highest BCUT2D eigenvalue weighted by Crippen LogP contribution is 2.68. The Balaban J connectivity index is 1.35. The average Bonchev–Trinajstić information content (AvgIpc) is 3.25. The first-order chi connectivity index (χ1) is 18.3. The molecule has 5 heteroatoms. The van der Waals surface area contributed by atoms with Crippen LogP contribution in [0.15, 0.2) is 23.9 Å². The smallest absolute Gasteiger partial charge is 0.302 e. The quantitative estimate of drug-likeness (QED) is 0.215. The number of hydrogen-bond acceptors (Lipinski definition) is 5. The molecule has 206 valence electrons. The number of allylic oxidation sites excluding steroid dienone is 1. The number of aromatic nitrogens is 1. The zero-order chi connectivity index (χ0) is 26.9. The van der Waals surface area contributed by atoms with Gasteiger partial charge in [-0.05, 0) is 97.5 Å². The summed E-state index contributed by atoms with van der Waals surface area (Å²) in [6.07, 6.45) is 18.4. The third kappa shape index (κ3) is 4.78. The van der Waals surface area contributed by atoms with Crippen LogP contribution in [-0.2, 0) is 9.53 Å². The van der Waals surface area contributed by atoms with Crippen molar-refractivity contribution in [2.75, 3.05) is 11.9 Å². The van der Waals surface area contributed by atoms with Gasteiger partial charge in [0, 0.05) is 26.1 Å². The van der Waals surface area contributed by atoms with Crippen LogP contribution in [-0.4, -0.2) is 23.6 Å². The molecule has 3 saturated carbocycles. The fourth-order valence-electron chi connectivity index (χ4n) is 9.25. The largest absolute Gasteiger partial charge is 0.462 e. The molecular weight excluding hydrogens is 470 g/mol. The van der Waals surface area contributed by atoms with Crippen molar-refractivity contribution >= 4 is 11.8 Å². The standard InChI is InChI=1S/C33H47N3O2/c1-5-6-7-8-18-35-31-27(21-34)25(15-19-36-31)28-11-12-29-26-10-9-23-20-24(38-22(2)37)13-16-32(23,3)30(26)14-17-33(28,29)4/h9,15,19,24,26,28-30H,5-8,10-14,16-18,20H2,1-4H3,(H,35,36)/t24-,26-,28+,29-,30-,32-,33+/m0/s1. The molecule has 0 radical (unpaired) electrons. The number of unbranched alkanes of at least 4 members (excludes halogenated alkanes) is 3. The van der Waals surface area contributed by atoms with Gasteiger partial charge >= 0.3 is 5.97 Å². The summed E-state index contributed by atoms with van der Waals surface area (Å²) in [6.45, 7) is 9.68. The van der Waals surface area contributed by atoms with Gasteiger partial charge in [0.15, 0.2) is 0 Å². The molecule has 0 unspecified atom stereocenters. The van der Waals surface area contributed by atoms with Crippen LogP contribution < -0.4 is 5.32 Å². The Morgan fingerprint density at radius 3 is 2.76 bits per heavy atom. The molecule has 5 rings (SSSR count). The summed E-state index contributed by atoms with van der Waals surface area (Å²) in [6, 6.07) is 4.69. The lowest BCUT2D eigenvalue weighted by atomic mass is 9.47. The van der Waals surface area contributed by atoms with E-state index >= 15 is 0 Å². The van der Waals surface area contributed by atoms with Crippen molar-refractivity contribution in [2.24, 2.45) is 28.6 Å². The molecule has 1 aromatic heterocycles. The van der Waals surface area contributed by atoms with E-state index in [9.17, 15) is 10.1 Å². The van der Waals surface area contributed by atoms with Crippen LogP contribution in [0.4, 0.5) is 5.82 Å². The monoisotopic (exact) mass is 517 g/mol. The van der Waals surface area contributed by atoms with Gasteiger partial charge in [-0.25, -0.2) is 4.98 Å². The summed E-state index contributed by atoms with van der Waals surface area (Å²) < 4.78 is 5.63. The van der Waals surface area contributed by atoms with Gasteiger partial charge in [-0.15, -0.1) is 0 Å². The number of pyridine rings is 1. The van der Waals surface area contributed by atoms with Gasteiger partial charge in [0.1, 0.15) is 18.0 Å². The van der Waals surface area contributed by atoms with Crippen molar-refractivity contribution in [3.05, 3.63) is 35.0 Å². The number of ether oxygens (including phenoxy) is 1. The second kappa shape index (κ2) is 11.0. The van der Waals surface area contributed by atoms with Crippen LogP contribution in [0.2, 0.25) is 0 Å². The Kier molecular flexibility index (Phi) is 7.90. The highest BCUT2D eigenvalue weighted by Gasteiger charge is 2.59. The van der Waals surface area contributed by atoms with E-state index in [0.717, 1.165) is 50.0 Å². The minimum absolute atomic E-state index is 0.0543. The maximum Gasteiger partial charge on any atom is 0.302 e. The van der Waals surface area contributed by atoms with Crippen LogP contribution in [0.1, 0.15) is 122 Å². The SMILES string of the molecule is CCCCCCNc1nccc([C@H]2CC[C@H]3[C@@H]4CC=C5C[C@@H](OC(C)=O)CC[C@]5(C)[C@H]4CC[C@]23C)c1C#N. The summed E-state index contributed by atoms with van der Waals surface area (Å²) >= 11 is 0. The molecule has 4 aliphatic carbocycles. The summed E-state index contributed by atoms with van der Waals surface area (Å²) in [4.78, 5) is 16.2. The van der Waals surface area contributed by atoms with Crippen molar-refractivity contribution in [2.45, 2.75) is 117 Å². The van der Waals surface area contributed by atoms with E-state index in [4.69, 9.17) is 4.74 Å². The van der Waals surface area contributed by atoms with Crippen LogP contribution >= 0.6 is 0 Å². The van der Waals surface area contributed by atoms with Gasteiger partial charge < -0.3 is 10.1 Å². The third-order valence-electron chi connectivity index (χ3n) is 11.2. The second-order valence-corrected chi connectivity index (χ2v) is 13.1. The van der Waals surface area contributed by atoms with Gasteiger partial charge in [0.05, 0.1) is 5.56 Å². The van der Waals surface area contributed by atoms with Gasteiger partial charge in [0.25, 0.3) is 0 Å². The van der Waals surface area contributed by atoms with E-state index in [1.165, 1.54) is 57.4 Å². The van der Waals surface area contributed by atoms with Gasteiger partial charge in [-0.3, -0.25) is 4.79 Å². The third-order valence-corrected chi connectivity index (χ3v) is 11.2. The van der Waals surface area contributed by atoms with Crippen molar-refractivity contribution in [1.82, 2.24) is 4.98 Å². The van der Waals surface area contributed by atoms with Crippen LogP contribution in [0.5, 0.6) is 0 Å². The molecule has 1 N–H and O–H groups in total. The molecule has 0 saturated heterocycles.